The highest BCUT2D eigenvalue weighted by Crippen LogP contribution is 2.25. The second-order valence-electron chi connectivity index (χ2n) is 4.33. The summed E-state index contributed by atoms with van der Waals surface area (Å²) in [6.45, 7) is 5.13. The Balaban J connectivity index is 1.88. The highest BCUT2D eigenvalue weighted by atomic mass is 16.5. The van der Waals surface area contributed by atoms with E-state index < -0.39 is 0 Å². The van der Waals surface area contributed by atoms with Gasteiger partial charge >= 0.3 is 0 Å². The van der Waals surface area contributed by atoms with E-state index >= 15 is 0 Å². The van der Waals surface area contributed by atoms with E-state index in [1.54, 1.807) is 7.11 Å². The van der Waals surface area contributed by atoms with Crippen LogP contribution < -0.4 is 14.8 Å². The number of hydrogen-bond acceptors (Lipinski definition) is 4. The minimum Gasteiger partial charge on any atom is -0.493 e. The Hall–Kier alpha value is -2.01. The van der Waals surface area contributed by atoms with Crippen molar-refractivity contribution in [2.45, 2.75) is 20.0 Å². The van der Waals surface area contributed by atoms with Gasteiger partial charge in [0.25, 0.3) is 0 Å². The van der Waals surface area contributed by atoms with Crippen LogP contribution in [0.1, 0.15) is 12.6 Å². The molecule has 0 aliphatic heterocycles. The van der Waals surface area contributed by atoms with Crippen LogP contribution in [-0.2, 0) is 13.1 Å². The van der Waals surface area contributed by atoms with Gasteiger partial charge in [-0.2, -0.15) is 5.10 Å². The Morgan fingerprint density at radius 3 is 2.75 bits per heavy atom. The molecule has 2 rings (SSSR count). The van der Waals surface area contributed by atoms with Crippen LogP contribution in [0.15, 0.2) is 36.5 Å². The van der Waals surface area contributed by atoms with Crippen molar-refractivity contribution in [3.63, 3.8) is 0 Å². The summed E-state index contributed by atoms with van der Waals surface area (Å²) in [5.74, 6) is 1.51. The van der Waals surface area contributed by atoms with Gasteiger partial charge in [-0.05, 0) is 24.7 Å². The summed E-state index contributed by atoms with van der Waals surface area (Å²) in [6, 6.07) is 9.67. The molecular weight excluding hydrogens is 254 g/mol. The number of ether oxygens (including phenoxy) is 2. The summed E-state index contributed by atoms with van der Waals surface area (Å²) in [5, 5.41) is 7.60. The molecule has 0 aliphatic carbocycles. The molecule has 5 nitrogen and oxygen atoms in total. The molecule has 1 N–H and O–H groups in total. The van der Waals surface area contributed by atoms with Gasteiger partial charge in [0.15, 0.2) is 11.5 Å². The number of hydrogen-bond donors (Lipinski definition) is 1. The van der Waals surface area contributed by atoms with Crippen LogP contribution in [-0.4, -0.2) is 30.0 Å². The van der Waals surface area contributed by atoms with Gasteiger partial charge in [-0.1, -0.05) is 19.1 Å². The van der Waals surface area contributed by atoms with Crippen LogP contribution in [0.4, 0.5) is 0 Å². The van der Waals surface area contributed by atoms with Crippen LogP contribution in [0.5, 0.6) is 11.5 Å². The molecule has 0 saturated carbocycles. The van der Waals surface area contributed by atoms with Gasteiger partial charge in [0.05, 0.1) is 19.3 Å². The van der Waals surface area contributed by atoms with E-state index in [0.29, 0.717) is 13.2 Å². The number of rotatable bonds is 8. The molecule has 1 aromatic carbocycles. The van der Waals surface area contributed by atoms with Gasteiger partial charge in [0.2, 0.25) is 0 Å². The molecule has 0 aliphatic rings. The van der Waals surface area contributed by atoms with Gasteiger partial charge < -0.3 is 14.8 Å². The predicted octanol–water partition coefficient (Wildman–Crippen LogP) is 2.08. The third-order valence-electron chi connectivity index (χ3n) is 2.99. The Bertz CT molecular complexity index is 525. The molecule has 0 radical (unpaired) electrons. The quantitative estimate of drug-likeness (QED) is 0.801. The van der Waals surface area contributed by atoms with Crippen molar-refractivity contribution in [3.05, 3.63) is 42.2 Å². The fraction of sp³-hybridized carbons (Fsp3) is 0.400. The summed E-state index contributed by atoms with van der Waals surface area (Å²) in [6.07, 6.45) is 1.82. The van der Waals surface area contributed by atoms with Crippen molar-refractivity contribution in [3.8, 4) is 11.5 Å². The second kappa shape index (κ2) is 7.55. The van der Waals surface area contributed by atoms with Crippen LogP contribution in [0.2, 0.25) is 0 Å². The van der Waals surface area contributed by atoms with E-state index in [4.69, 9.17) is 9.47 Å². The van der Waals surface area contributed by atoms with Crippen LogP contribution in [0.3, 0.4) is 0 Å². The largest absolute Gasteiger partial charge is 0.493 e. The third-order valence-corrected chi connectivity index (χ3v) is 2.99. The molecule has 0 spiro atoms. The first-order chi connectivity index (χ1) is 9.85. The Morgan fingerprint density at radius 1 is 1.20 bits per heavy atom. The van der Waals surface area contributed by atoms with Crippen molar-refractivity contribution in [2.75, 3.05) is 20.3 Å². The predicted molar refractivity (Wildman–Crippen MR) is 78.1 cm³/mol. The van der Waals surface area contributed by atoms with Crippen molar-refractivity contribution < 1.29 is 9.47 Å². The number of nitrogens with zero attached hydrogens (tertiary/aromatic N) is 2. The highest BCUT2D eigenvalue weighted by molar-refractivity contribution is 5.39. The minimum absolute atomic E-state index is 0.557. The first kappa shape index (κ1) is 14.4. The summed E-state index contributed by atoms with van der Waals surface area (Å²) >= 11 is 0. The maximum absolute atomic E-state index is 5.75. The Labute approximate surface area is 119 Å². The number of methoxy groups -OCH3 is 1. The lowest BCUT2D eigenvalue weighted by molar-refractivity contribution is 0.272. The lowest BCUT2D eigenvalue weighted by Crippen LogP contribution is -2.18. The molecule has 0 atom stereocenters. The van der Waals surface area contributed by atoms with Crippen molar-refractivity contribution >= 4 is 0 Å². The van der Waals surface area contributed by atoms with E-state index in [1.807, 2.05) is 41.2 Å². The number of aromatic nitrogens is 2. The van der Waals surface area contributed by atoms with E-state index in [-0.39, 0.29) is 0 Å². The fourth-order valence-electron chi connectivity index (χ4n) is 1.94. The summed E-state index contributed by atoms with van der Waals surface area (Å²) in [4.78, 5) is 0. The summed E-state index contributed by atoms with van der Waals surface area (Å²) < 4.78 is 13.0. The number of para-hydroxylation sites is 2. The SMILES string of the molecule is CCNCc1ccnn1CCOc1ccccc1OC. The average molecular weight is 275 g/mol. The third kappa shape index (κ3) is 3.74. The molecule has 1 heterocycles. The molecule has 108 valence electrons. The minimum atomic E-state index is 0.557. The van der Waals surface area contributed by atoms with Gasteiger partial charge in [0.1, 0.15) is 6.61 Å². The molecule has 1 aromatic heterocycles. The summed E-state index contributed by atoms with van der Waals surface area (Å²) in [5.41, 5.74) is 1.16. The highest BCUT2D eigenvalue weighted by Gasteiger charge is 2.04. The van der Waals surface area contributed by atoms with Gasteiger partial charge in [-0.3, -0.25) is 4.68 Å². The van der Waals surface area contributed by atoms with Gasteiger partial charge in [0, 0.05) is 12.7 Å². The fourth-order valence-corrected chi connectivity index (χ4v) is 1.94. The smallest absolute Gasteiger partial charge is 0.161 e. The van der Waals surface area contributed by atoms with Crippen LogP contribution in [0, 0.1) is 0 Å². The van der Waals surface area contributed by atoms with Crippen molar-refractivity contribution in [1.82, 2.24) is 15.1 Å². The van der Waals surface area contributed by atoms with E-state index in [1.165, 1.54) is 0 Å². The molecule has 0 amide bonds. The summed E-state index contributed by atoms with van der Waals surface area (Å²) in [7, 11) is 1.64. The van der Waals surface area contributed by atoms with Gasteiger partial charge in [-0.25, -0.2) is 0 Å². The van der Waals surface area contributed by atoms with Gasteiger partial charge in [-0.15, -0.1) is 0 Å². The molecule has 0 bridgehead atoms. The maximum Gasteiger partial charge on any atom is 0.161 e. The molecule has 0 saturated heterocycles. The molecule has 0 unspecified atom stereocenters. The first-order valence-electron chi connectivity index (χ1n) is 6.82. The zero-order valence-corrected chi connectivity index (χ0v) is 12.0. The zero-order valence-electron chi connectivity index (χ0n) is 12.0. The second-order valence-corrected chi connectivity index (χ2v) is 4.33. The topological polar surface area (TPSA) is 48.3 Å². The van der Waals surface area contributed by atoms with E-state index in [0.717, 1.165) is 30.3 Å². The number of benzene rings is 1. The monoisotopic (exact) mass is 275 g/mol. The zero-order chi connectivity index (χ0) is 14.2. The van der Waals surface area contributed by atoms with Crippen LogP contribution in [0.25, 0.3) is 0 Å². The Morgan fingerprint density at radius 2 is 2.00 bits per heavy atom. The molecule has 2 aromatic rings. The molecule has 0 fully saturated rings. The van der Waals surface area contributed by atoms with E-state index in [9.17, 15) is 0 Å². The van der Waals surface area contributed by atoms with E-state index in [2.05, 4.69) is 17.3 Å². The van der Waals surface area contributed by atoms with Crippen molar-refractivity contribution in [1.29, 1.82) is 0 Å². The van der Waals surface area contributed by atoms with Crippen LogP contribution >= 0.6 is 0 Å². The maximum atomic E-state index is 5.75. The van der Waals surface area contributed by atoms with Crippen molar-refractivity contribution in [2.24, 2.45) is 0 Å². The standard InChI is InChI=1S/C15H21N3O2/c1-3-16-12-13-8-9-17-18(13)10-11-20-15-7-5-4-6-14(15)19-2/h4-9,16H,3,10-12H2,1-2H3. The first-order valence-corrected chi connectivity index (χ1v) is 6.82. The molecular formula is C15H21N3O2. The Kier molecular flexibility index (Phi) is 5.43. The normalized spacial score (nSPS) is 10.5. The molecule has 5 heteroatoms. The number of nitrogens with one attached hydrogen (secondary N) is 1. The average Bonchev–Trinajstić information content (AvgIpc) is 2.93. The lowest BCUT2D eigenvalue weighted by atomic mass is 10.3. The molecule has 20 heavy (non-hydrogen) atoms. The lowest BCUT2D eigenvalue weighted by Gasteiger charge is -2.11.